The molecular formula is C18H31N5O5. The number of hydrogen-bond donors (Lipinski definition) is 4. The van der Waals surface area contributed by atoms with E-state index in [1.54, 1.807) is 6.92 Å². The van der Waals surface area contributed by atoms with Crippen LogP contribution in [-0.2, 0) is 19.2 Å². The predicted octanol–water partition coefficient (Wildman–Crippen LogP) is -1.94. The minimum absolute atomic E-state index is 0.298. The second-order valence-electron chi connectivity index (χ2n) is 7.52. The van der Waals surface area contributed by atoms with Crippen molar-refractivity contribution in [1.29, 1.82) is 0 Å². The Morgan fingerprint density at radius 3 is 2.21 bits per heavy atom. The number of primary amides is 1. The van der Waals surface area contributed by atoms with Crippen molar-refractivity contribution in [3.8, 4) is 0 Å². The van der Waals surface area contributed by atoms with Gasteiger partial charge in [0.05, 0.1) is 6.10 Å². The van der Waals surface area contributed by atoms with E-state index >= 15 is 0 Å². The first kappa shape index (κ1) is 22.1. The van der Waals surface area contributed by atoms with E-state index in [1.165, 1.54) is 16.7 Å². The van der Waals surface area contributed by atoms with Crippen LogP contribution in [0.25, 0.3) is 0 Å². The molecule has 0 aromatic heterocycles. The number of carbonyl (C=O) groups is 4. The lowest BCUT2D eigenvalue weighted by Gasteiger charge is -2.32. The molecule has 0 unspecified atom stereocenters. The second-order valence-corrected chi connectivity index (χ2v) is 7.52. The fourth-order valence-corrected chi connectivity index (χ4v) is 3.82. The van der Waals surface area contributed by atoms with Crippen LogP contribution in [0.1, 0.15) is 46.0 Å². The number of nitrogens with two attached hydrogens (primary N) is 2. The smallest absolute Gasteiger partial charge is 0.246 e. The van der Waals surface area contributed by atoms with Crippen molar-refractivity contribution in [2.24, 2.45) is 11.5 Å². The molecule has 10 heteroatoms. The average molecular weight is 397 g/mol. The van der Waals surface area contributed by atoms with Crippen LogP contribution in [0.2, 0.25) is 0 Å². The van der Waals surface area contributed by atoms with E-state index in [0.29, 0.717) is 45.2 Å². The zero-order valence-electron chi connectivity index (χ0n) is 16.5. The Hall–Kier alpha value is -2.20. The van der Waals surface area contributed by atoms with Crippen LogP contribution in [-0.4, -0.2) is 81.9 Å². The molecular weight excluding hydrogens is 366 g/mol. The maximum Gasteiger partial charge on any atom is 0.246 e. The summed E-state index contributed by atoms with van der Waals surface area (Å²) in [6.45, 7) is 3.96. The maximum atomic E-state index is 13.1. The average Bonchev–Trinajstić information content (AvgIpc) is 3.32. The SMILES string of the molecule is CC[C@H](NC(=O)[C@@H]1CCCN1C(=O)[C@@H]1CCCN1C(=O)[C@@H](N)[C@@H](C)O)C(N)=O. The molecule has 0 aromatic carbocycles. The minimum atomic E-state index is -1.09. The van der Waals surface area contributed by atoms with Gasteiger partial charge in [-0.05, 0) is 39.0 Å². The van der Waals surface area contributed by atoms with Crippen LogP contribution in [0.15, 0.2) is 0 Å². The van der Waals surface area contributed by atoms with Gasteiger partial charge in [-0.25, -0.2) is 0 Å². The molecule has 2 heterocycles. The molecule has 28 heavy (non-hydrogen) atoms. The van der Waals surface area contributed by atoms with Crippen LogP contribution in [0.3, 0.4) is 0 Å². The van der Waals surface area contributed by atoms with Crippen LogP contribution in [0.4, 0.5) is 0 Å². The maximum absolute atomic E-state index is 13.1. The van der Waals surface area contributed by atoms with Crippen molar-refractivity contribution >= 4 is 23.6 Å². The zero-order chi connectivity index (χ0) is 21.0. The number of hydrogen-bond acceptors (Lipinski definition) is 6. The highest BCUT2D eigenvalue weighted by Crippen LogP contribution is 2.25. The van der Waals surface area contributed by atoms with Gasteiger partial charge in [0.15, 0.2) is 0 Å². The quantitative estimate of drug-likeness (QED) is 0.391. The van der Waals surface area contributed by atoms with Gasteiger partial charge in [0, 0.05) is 13.1 Å². The van der Waals surface area contributed by atoms with E-state index < -0.39 is 48.0 Å². The summed E-state index contributed by atoms with van der Waals surface area (Å²) in [7, 11) is 0. The van der Waals surface area contributed by atoms with Crippen LogP contribution in [0, 0.1) is 0 Å². The third-order valence-electron chi connectivity index (χ3n) is 5.53. The highest BCUT2D eigenvalue weighted by Gasteiger charge is 2.43. The van der Waals surface area contributed by atoms with Crippen molar-refractivity contribution in [3.05, 3.63) is 0 Å². The number of amides is 4. The molecule has 0 bridgehead atoms. The van der Waals surface area contributed by atoms with Gasteiger partial charge in [-0.3, -0.25) is 19.2 Å². The Labute approximate surface area is 164 Å². The van der Waals surface area contributed by atoms with Crippen LogP contribution >= 0.6 is 0 Å². The molecule has 0 saturated carbocycles. The molecule has 0 aromatic rings. The van der Waals surface area contributed by atoms with E-state index in [0.717, 1.165) is 0 Å². The molecule has 158 valence electrons. The molecule has 4 amide bonds. The molecule has 2 rings (SSSR count). The van der Waals surface area contributed by atoms with Gasteiger partial charge < -0.3 is 31.7 Å². The Balaban J connectivity index is 2.10. The molecule has 10 nitrogen and oxygen atoms in total. The first-order chi connectivity index (χ1) is 13.2. The number of nitrogens with one attached hydrogen (secondary N) is 1. The molecule has 2 fully saturated rings. The lowest BCUT2D eigenvalue weighted by atomic mass is 10.1. The predicted molar refractivity (Wildman–Crippen MR) is 101 cm³/mol. The Bertz CT molecular complexity index is 625. The minimum Gasteiger partial charge on any atom is -0.391 e. The Morgan fingerprint density at radius 1 is 1.11 bits per heavy atom. The molecule has 0 radical (unpaired) electrons. The molecule has 2 aliphatic rings. The van der Waals surface area contributed by atoms with Gasteiger partial charge in [0.1, 0.15) is 24.2 Å². The Kier molecular flexibility index (Phi) is 7.36. The second kappa shape index (κ2) is 9.33. The highest BCUT2D eigenvalue weighted by atomic mass is 16.3. The summed E-state index contributed by atoms with van der Waals surface area (Å²) < 4.78 is 0. The van der Waals surface area contributed by atoms with Gasteiger partial charge in [-0.1, -0.05) is 6.92 Å². The van der Waals surface area contributed by atoms with Crippen molar-refractivity contribution in [2.45, 2.75) is 76.2 Å². The van der Waals surface area contributed by atoms with E-state index in [9.17, 15) is 24.3 Å². The largest absolute Gasteiger partial charge is 0.391 e. The number of nitrogens with zero attached hydrogens (tertiary/aromatic N) is 2. The first-order valence-electron chi connectivity index (χ1n) is 9.83. The number of carbonyl (C=O) groups excluding carboxylic acids is 4. The summed E-state index contributed by atoms with van der Waals surface area (Å²) in [5.74, 6) is -1.79. The molecule has 6 N–H and O–H groups in total. The summed E-state index contributed by atoms with van der Waals surface area (Å²) >= 11 is 0. The Morgan fingerprint density at radius 2 is 1.68 bits per heavy atom. The number of aliphatic hydroxyl groups is 1. The zero-order valence-corrected chi connectivity index (χ0v) is 16.5. The summed E-state index contributed by atoms with van der Waals surface area (Å²) in [4.78, 5) is 52.5. The third-order valence-corrected chi connectivity index (χ3v) is 5.53. The number of aliphatic hydroxyl groups excluding tert-OH is 1. The molecule has 0 aliphatic carbocycles. The van der Waals surface area contributed by atoms with Crippen molar-refractivity contribution < 1.29 is 24.3 Å². The van der Waals surface area contributed by atoms with Gasteiger partial charge in [-0.2, -0.15) is 0 Å². The summed E-state index contributed by atoms with van der Waals surface area (Å²) in [6, 6.07) is -3.25. The number of rotatable bonds is 7. The van der Waals surface area contributed by atoms with Crippen molar-refractivity contribution in [1.82, 2.24) is 15.1 Å². The van der Waals surface area contributed by atoms with Gasteiger partial charge in [0.25, 0.3) is 0 Å². The summed E-state index contributed by atoms with van der Waals surface area (Å²) in [5, 5.41) is 12.2. The molecule has 2 saturated heterocycles. The van der Waals surface area contributed by atoms with E-state index in [-0.39, 0.29) is 5.91 Å². The molecule has 0 spiro atoms. The number of likely N-dealkylation sites (tertiary alicyclic amines) is 2. The summed E-state index contributed by atoms with van der Waals surface area (Å²) in [6.07, 6.45) is 1.63. The first-order valence-corrected chi connectivity index (χ1v) is 9.83. The van der Waals surface area contributed by atoms with Crippen LogP contribution in [0.5, 0.6) is 0 Å². The lowest BCUT2D eigenvalue weighted by Crippen LogP contribution is -2.57. The molecule has 2 aliphatic heterocycles. The van der Waals surface area contributed by atoms with Crippen molar-refractivity contribution in [3.63, 3.8) is 0 Å². The third kappa shape index (κ3) is 4.61. The van der Waals surface area contributed by atoms with Gasteiger partial charge >= 0.3 is 0 Å². The van der Waals surface area contributed by atoms with E-state index in [4.69, 9.17) is 11.5 Å². The normalized spacial score (nSPS) is 25.3. The topological polar surface area (TPSA) is 159 Å². The van der Waals surface area contributed by atoms with Crippen LogP contribution < -0.4 is 16.8 Å². The van der Waals surface area contributed by atoms with E-state index in [2.05, 4.69) is 5.32 Å². The van der Waals surface area contributed by atoms with Gasteiger partial charge in [0.2, 0.25) is 23.6 Å². The monoisotopic (exact) mass is 397 g/mol. The highest BCUT2D eigenvalue weighted by molar-refractivity contribution is 5.95. The van der Waals surface area contributed by atoms with E-state index in [1.807, 2.05) is 0 Å². The van der Waals surface area contributed by atoms with Gasteiger partial charge in [-0.15, -0.1) is 0 Å². The standard InChI is InChI=1S/C18H31N5O5/c1-3-11(15(20)25)21-16(26)12-6-4-8-22(12)17(27)13-7-5-9-23(13)18(28)14(19)10(2)24/h10-14,24H,3-9,19H2,1-2H3,(H2,20,25)(H,21,26)/t10-,11+,12+,13+,14+/m1/s1. The lowest BCUT2D eigenvalue weighted by molar-refractivity contribution is -0.148. The summed E-state index contributed by atoms with van der Waals surface area (Å²) in [5.41, 5.74) is 11.0. The molecule has 5 atom stereocenters. The van der Waals surface area contributed by atoms with Crippen molar-refractivity contribution in [2.75, 3.05) is 13.1 Å². The fourth-order valence-electron chi connectivity index (χ4n) is 3.82. The fraction of sp³-hybridized carbons (Fsp3) is 0.778.